The maximum absolute atomic E-state index is 7.88. The van der Waals surface area contributed by atoms with Crippen molar-refractivity contribution in [1.29, 1.82) is 0 Å². The highest BCUT2D eigenvalue weighted by Gasteiger charge is 1.93. The monoisotopic (exact) mass is 246 g/mol. The van der Waals surface area contributed by atoms with Crippen LogP contribution < -0.4 is 0 Å². The zero-order valence-corrected chi connectivity index (χ0v) is 11.8. The van der Waals surface area contributed by atoms with Crippen LogP contribution in [-0.2, 0) is 9.47 Å². The van der Waals surface area contributed by atoms with E-state index in [-0.39, 0.29) is 0 Å². The Hall–Kier alpha value is -0.0800. The van der Waals surface area contributed by atoms with Crippen LogP contribution in [-0.4, -0.2) is 20.5 Å². The van der Waals surface area contributed by atoms with Gasteiger partial charge >= 0.3 is 0 Å². The van der Waals surface area contributed by atoms with Gasteiger partial charge in [-0.2, -0.15) is 0 Å². The molecule has 2 nitrogen and oxygen atoms in total. The van der Waals surface area contributed by atoms with E-state index >= 15 is 0 Å². The number of hydrogen-bond acceptors (Lipinski definition) is 2. The quantitative estimate of drug-likeness (QED) is 0.320. The summed E-state index contributed by atoms with van der Waals surface area (Å²) in [6.07, 6.45) is 9.53. The summed E-state index contributed by atoms with van der Waals surface area (Å²) in [5.74, 6) is 0. The third-order valence-corrected chi connectivity index (χ3v) is 2.80. The Bertz CT molecular complexity index is 187. The van der Waals surface area contributed by atoms with Crippen molar-refractivity contribution in [2.24, 2.45) is 0 Å². The third-order valence-electron chi connectivity index (χ3n) is 2.80. The van der Waals surface area contributed by atoms with Crippen LogP contribution in [0.5, 0.6) is 0 Å². The van der Waals surface area contributed by atoms with Crippen LogP contribution in [0.2, 0.25) is 0 Å². The SMILES string of the molecule is [2H]C([2H])(CCCC)CCCCCCCCOCOC. The zero-order chi connectivity index (χ0) is 14.4. The molecule has 0 unspecified atom stereocenters. The number of hydrogen-bond donors (Lipinski definition) is 0. The van der Waals surface area contributed by atoms with E-state index in [1.807, 2.05) is 0 Å². The fraction of sp³-hybridized carbons (Fsp3) is 1.00. The number of rotatable bonds is 14. The van der Waals surface area contributed by atoms with Crippen LogP contribution in [0.1, 0.15) is 80.2 Å². The van der Waals surface area contributed by atoms with Crippen molar-refractivity contribution in [2.45, 2.75) is 77.5 Å². The standard InChI is InChI=1S/C15H32O2/c1-3-4-5-6-7-8-9-10-11-12-13-14-17-15-16-2/h3-15H2,1-2H3/i6D2. The lowest BCUT2D eigenvalue weighted by atomic mass is 10.1. The fourth-order valence-electron chi connectivity index (χ4n) is 1.73. The summed E-state index contributed by atoms with van der Waals surface area (Å²) in [5, 5.41) is 0. The van der Waals surface area contributed by atoms with Gasteiger partial charge in [0, 0.05) is 16.5 Å². The largest absolute Gasteiger partial charge is 0.359 e. The summed E-state index contributed by atoms with van der Waals surface area (Å²) in [6, 6.07) is 0. The van der Waals surface area contributed by atoms with Crippen LogP contribution >= 0.6 is 0 Å². The predicted molar refractivity (Wildman–Crippen MR) is 74.3 cm³/mol. The first-order valence-electron chi connectivity index (χ1n) is 8.19. The molecule has 0 radical (unpaired) electrons. The van der Waals surface area contributed by atoms with Crippen molar-refractivity contribution in [3.63, 3.8) is 0 Å². The second kappa shape index (κ2) is 15.9. The van der Waals surface area contributed by atoms with Crippen LogP contribution in [0, 0.1) is 0 Å². The minimum atomic E-state index is -0.940. The van der Waals surface area contributed by atoms with E-state index in [1.54, 1.807) is 7.11 Å². The molecule has 2 heteroatoms. The summed E-state index contributed by atoms with van der Waals surface area (Å²) in [5.41, 5.74) is 0. The molecule has 0 fully saturated rings. The molecule has 0 atom stereocenters. The number of ether oxygens (including phenoxy) is 2. The second-order valence-electron chi connectivity index (χ2n) is 4.54. The molecule has 0 aliphatic rings. The minimum absolute atomic E-state index is 0.396. The summed E-state index contributed by atoms with van der Waals surface area (Å²) in [4.78, 5) is 0. The first-order valence-corrected chi connectivity index (χ1v) is 7.19. The highest BCUT2D eigenvalue weighted by atomic mass is 16.7. The highest BCUT2D eigenvalue weighted by Crippen LogP contribution is 2.11. The van der Waals surface area contributed by atoms with Gasteiger partial charge in [-0.3, -0.25) is 0 Å². The molecule has 0 aromatic carbocycles. The van der Waals surface area contributed by atoms with E-state index < -0.39 is 6.37 Å². The number of methoxy groups -OCH3 is 1. The van der Waals surface area contributed by atoms with Gasteiger partial charge in [0.05, 0.1) is 0 Å². The summed E-state index contributed by atoms with van der Waals surface area (Å²) >= 11 is 0. The Morgan fingerprint density at radius 1 is 0.824 bits per heavy atom. The molecule has 0 heterocycles. The van der Waals surface area contributed by atoms with E-state index in [9.17, 15) is 0 Å². The van der Waals surface area contributed by atoms with Crippen molar-refractivity contribution in [1.82, 2.24) is 0 Å². The van der Waals surface area contributed by atoms with Gasteiger partial charge in [0.1, 0.15) is 6.79 Å². The number of unbranched alkanes of at least 4 members (excludes halogenated alkanes) is 6. The Kier molecular flexibility index (Phi) is 12.5. The van der Waals surface area contributed by atoms with Crippen LogP contribution in [0.4, 0.5) is 0 Å². The first-order chi connectivity index (χ1) is 9.12. The van der Waals surface area contributed by atoms with Gasteiger partial charge in [-0.05, 0) is 6.42 Å². The Labute approximate surface area is 111 Å². The summed E-state index contributed by atoms with van der Waals surface area (Å²) < 4.78 is 25.8. The second-order valence-corrected chi connectivity index (χ2v) is 4.54. The highest BCUT2D eigenvalue weighted by molar-refractivity contribution is 4.47. The van der Waals surface area contributed by atoms with Crippen molar-refractivity contribution in [2.75, 3.05) is 20.5 Å². The molecule has 0 aromatic rings. The molecule has 0 rings (SSSR count). The molecule has 0 saturated heterocycles. The molecule has 0 saturated carbocycles. The predicted octanol–water partition coefficient (Wildman–Crippen LogP) is 4.92. The summed E-state index contributed by atoms with van der Waals surface area (Å²) in [7, 11) is 1.64. The molecule has 17 heavy (non-hydrogen) atoms. The van der Waals surface area contributed by atoms with Crippen molar-refractivity contribution < 1.29 is 12.2 Å². The Balaban J connectivity index is 3.21. The maximum atomic E-state index is 7.88. The smallest absolute Gasteiger partial charge is 0.146 e. The van der Waals surface area contributed by atoms with Gasteiger partial charge in [-0.1, -0.05) is 71.1 Å². The lowest BCUT2D eigenvalue weighted by Gasteiger charge is -2.03. The van der Waals surface area contributed by atoms with Crippen molar-refractivity contribution >= 4 is 0 Å². The van der Waals surface area contributed by atoms with Gasteiger partial charge in [0.25, 0.3) is 0 Å². The van der Waals surface area contributed by atoms with Gasteiger partial charge in [-0.15, -0.1) is 0 Å². The van der Waals surface area contributed by atoms with Crippen LogP contribution in [0.15, 0.2) is 0 Å². The Morgan fingerprint density at radius 2 is 1.41 bits per heavy atom. The fourth-order valence-corrected chi connectivity index (χ4v) is 1.73. The average molecular weight is 246 g/mol. The van der Waals surface area contributed by atoms with E-state index in [4.69, 9.17) is 12.2 Å². The molecule has 0 bridgehead atoms. The van der Waals surface area contributed by atoms with Crippen molar-refractivity contribution in [3.05, 3.63) is 0 Å². The topological polar surface area (TPSA) is 18.5 Å². The van der Waals surface area contributed by atoms with E-state index in [1.165, 1.54) is 19.3 Å². The van der Waals surface area contributed by atoms with E-state index in [0.29, 0.717) is 6.79 Å². The average Bonchev–Trinajstić information content (AvgIpc) is 2.38. The lowest BCUT2D eigenvalue weighted by Crippen LogP contribution is -1.98. The Morgan fingerprint density at radius 3 is 2.06 bits per heavy atom. The van der Waals surface area contributed by atoms with Gasteiger partial charge in [0.2, 0.25) is 0 Å². The molecular weight excluding hydrogens is 212 g/mol. The van der Waals surface area contributed by atoms with E-state index in [2.05, 4.69) is 6.92 Å². The molecular formula is C15H32O2. The van der Waals surface area contributed by atoms with Gasteiger partial charge in [-0.25, -0.2) is 0 Å². The molecule has 0 spiro atoms. The third kappa shape index (κ3) is 15.9. The molecule has 0 aromatic heterocycles. The van der Waals surface area contributed by atoms with Gasteiger partial charge < -0.3 is 9.47 Å². The first kappa shape index (κ1) is 13.4. The van der Waals surface area contributed by atoms with Gasteiger partial charge in [0.15, 0.2) is 0 Å². The molecule has 0 aliphatic heterocycles. The maximum Gasteiger partial charge on any atom is 0.146 e. The summed E-state index contributed by atoms with van der Waals surface area (Å²) in [6.45, 7) is 3.30. The normalized spacial score (nSPS) is 13.5. The van der Waals surface area contributed by atoms with E-state index in [0.717, 1.165) is 51.6 Å². The zero-order valence-electron chi connectivity index (χ0n) is 13.8. The van der Waals surface area contributed by atoms with Crippen LogP contribution in [0.3, 0.4) is 0 Å². The van der Waals surface area contributed by atoms with Crippen LogP contribution in [0.25, 0.3) is 0 Å². The molecule has 0 aliphatic carbocycles. The molecule has 104 valence electrons. The van der Waals surface area contributed by atoms with Crippen molar-refractivity contribution in [3.8, 4) is 0 Å². The molecule has 0 N–H and O–H groups in total. The minimum Gasteiger partial charge on any atom is -0.359 e. The molecule has 0 amide bonds. The lowest BCUT2D eigenvalue weighted by molar-refractivity contribution is -0.0315.